The number of rotatable bonds is 9. The quantitative estimate of drug-likeness (QED) is 0.186. The van der Waals surface area contributed by atoms with E-state index in [9.17, 15) is 24.6 Å². The monoisotopic (exact) mass is 555 g/mol. The number of amides is 3. The van der Waals surface area contributed by atoms with E-state index >= 15 is 0 Å². The Bertz CT molecular complexity index is 1190. The first kappa shape index (κ1) is 30.8. The van der Waals surface area contributed by atoms with Crippen molar-refractivity contribution in [1.82, 2.24) is 16.0 Å². The Kier molecular flexibility index (Phi) is 11.3. The summed E-state index contributed by atoms with van der Waals surface area (Å²) in [6.07, 6.45) is 1.99. The number of carbonyl (C=O) groups excluding carboxylic acids is 3. The Labute approximate surface area is 233 Å². The third-order valence-electron chi connectivity index (χ3n) is 6.97. The first-order valence-corrected chi connectivity index (χ1v) is 13.6. The van der Waals surface area contributed by atoms with Crippen LogP contribution < -0.4 is 38.9 Å². The van der Waals surface area contributed by atoms with Crippen molar-refractivity contribution in [2.24, 2.45) is 22.9 Å². The molecule has 3 rings (SSSR count). The minimum atomic E-state index is -1.08. The summed E-state index contributed by atoms with van der Waals surface area (Å²) in [5, 5.41) is 29.3. The summed E-state index contributed by atoms with van der Waals surface area (Å²) in [5.41, 5.74) is 25.8. The predicted molar refractivity (Wildman–Crippen MR) is 152 cm³/mol. The number of nitrogens with one attached hydrogen (secondary N) is 3. The summed E-state index contributed by atoms with van der Waals surface area (Å²) >= 11 is 0. The number of hydrogen-bond donors (Lipinski definition) is 9. The molecular weight excluding hydrogens is 514 g/mol. The van der Waals surface area contributed by atoms with E-state index in [1.165, 1.54) is 12.1 Å². The van der Waals surface area contributed by atoms with Crippen LogP contribution in [0.4, 0.5) is 0 Å². The van der Waals surface area contributed by atoms with Gasteiger partial charge in [-0.25, -0.2) is 0 Å². The van der Waals surface area contributed by atoms with Gasteiger partial charge in [0.1, 0.15) is 23.6 Å². The second-order valence-electron chi connectivity index (χ2n) is 10.2. The van der Waals surface area contributed by atoms with Crippen molar-refractivity contribution in [3.63, 3.8) is 0 Å². The van der Waals surface area contributed by atoms with Gasteiger partial charge in [0.2, 0.25) is 17.7 Å². The summed E-state index contributed by atoms with van der Waals surface area (Å²) in [5.74, 6) is -1.72. The standard InChI is InChI=1S/C28H41N7O5/c29-9-1-3-20(31)15-33-27(39)23-14-19-12-17(6-8-25(19)37)16-5-7-24(36)18(11-16)13-21(32)26(38)34-22(4-2-10-30)28(40)35-23/h5-8,11-12,20-23,36-37H,1-4,9-10,13-15,29-32H2,(H,33,39)(H,34,38)(H,35,40)/t20-,21+,22-,23-/m0/s1. The average molecular weight is 556 g/mol. The van der Waals surface area contributed by atoms with Crippen LogP contribution in [0.25, 0.3) is 11.1 Å². The van der Waals surface area contributed by atoms with Gasteiger partial charge in [-0.05, 0) is 85.3 Å². The molecule has 0 fully saturated rings. The number of fused-ring (bicyclic) bond motifs is 5. The molecule has 13 N–H and O–H groups in total. The van der Waals surface area contributed by atoms with Gasteiger partial charge in [0.25, 0.3) is 0 Å². The molecule has 0 unspecified atom stereocenters. The van der Waals surface area contributed by atoms with Gasteiger partial charge in [0, 0.05) is 25.4 Å². The molecule has 0 saturated heterocycles. The highest BCUT2D eigenvalue weighted by Gasteiger charge is 2.29. The molecule has 218 valence electrons. The molecule has 1 heterocycles. The van der Waals surface area contributed by atoms with Crippen molar-refractivity contribution >= 4 is 17.7 Å². The summed E-state index contributed by atoms with van der Waals surface area (Å²) in [7, 11) is 0. The van der Waals surface area contributed by atoms with E-state index in [1.807, 2.05) is 0 Å². The molecule has 0 spiro atoms. The Morgan fingerprint density at radius 2 is 1.52 bits per heavy atom. The van der Waals surface area contributed by atoms with Crippen molar-refractivity contribution in [2.75, 3.05) is 19.6 Å². The highest BCUT2D eigenvalue weighted by atomic mass is 16.3. The topological polar surface area (TPSA) is 232 Å². The third-order valence-corrected chi connectivity index (χ3v) is 6.97. The summed E-state index contributed by atoms with van der Waals surface area (Å²) in [6, 6.07) is 6.42. The second kappa shape index (κ2) is 14.6. The fraction of sp³-hybridized carbons (Fsp3) is 0.464. The zero-order chi connectivity index (χ0) is 29.2. The van der Waals surface area contributed by atoms with Crippen LogP contribution in [-0.4, -0.2) is 71.7 Å². The number of carbonyl (C=O) groups is 3. The fourth-order valence-corrected chi connectivity index (χ4v) is 4.59. The van der Waals surface area contributed by atoms with Crippen LogP contribution in [0.15, 0.2) is 36.4 Å². The Morgan fingerprint density at radius 3 is 2.12 bits per heavy atom. The number of phenolic OH excluding ortho intramolecular Hbond substituents is 2. The van der Waals surface area contributed by atoms with E-state index < -0.39 is 35.8 Å². The molecule has 12 nitrogen and oxygen atoms in total. The minimum absolute atomic E-state index is 0.0193. The Morgan fingerprint density at radius 1 is 0.925 bits per heavy atom. The molecule has 0 aliphatic carbocycles. The van der Waals surface area contributed by atoms with Crippen molar-refractivity contribution in [2.45, 2.75) is 62.7 Å². The fourth-order valence-electron chi connectivity index (χ4n) is 4.59. The van der Waals surface area contributed by atoms with E-state index in [0.717, 1.165) is 0 Å². The molecule has 40 heavy (non-hydrogen) atoms. The van der Waals surface area contributed by atoms with E-state index in [0.29, 0.717) is 48.1 Å². The van der Waals surface area contributed by atoms with Gasteiger partial charge in [0.05, 0.1) is 6.04 Å². The molecule has 2 aromatic carbocycles. The average Bonchev–Trinajstić information content (AvgIpc) is 2.94. The molecule has 4 bridgehead atoms. The first-order chi connectivity index (χ1) is 19.1. The lowest BCUT2D eigenvalue weighted by molar-refractivity contribution is -0.132. The largest absolute Gasteiger partial charge is 0.508 e. The van der Waals surface area contributed by atoms with E-state index in [2.05, 4.69) is 16.0 Å². The lowest BCUT2D eigenvalue weighted by Crippen LogP contribution is -2.57. The normalized spacial score (nSPS) is 20.4. The van der Waals surface area contributed by atoms with Gasteiger partial charge in [-0.3, -0.25) is 14.4 Å². The first-order valence-electron chi connectivity index (χ1n) is 13.6. The van der Waals surface area contributed by atoms with Crippen LogP contribution in [0.1, 0.15) is 36.8 Å². The highest BCUT2D eigenvalue weighted by molar-refractivity contribution is 5.93. The predicted octanol–water partition coefficient (Wildman–Crippen LogP) is -0.918. The second-order valence-corrected chi connectivity index (χ2v) is 10.2. The maximum Gasteiger partial charge on any atom is 0.243 e. The highest BCUT2D eigenvalue weighted by Crippen LogP contribution is 2.30. The van der Waals surface area contributed by atoms with Crippen molar-refractivity contribution in [1.29, 1.82) is 0 Å². The number of phenols is 2. The van der Waals surface area contributed by atoms with Crippen LogP contribution in [-0.2, 0) is 27.2 Å². The number of nitrogens with two attached hydrogens (primary N) is 4. The molecule has 0 radical (unpaired) electrons. The van der Waals surface area contributed by atoms with Crippen LogP contribution in [0.3, 0.4) is 0 Å². The van der Waals surface area contributed by atoms with Crippen LogP contribution in [0, 0.1) is 0 Å². The minimum Gasteiger partial charge on any atom is -0.508 e. The van der Waals surface area contributed by atoms with Gasteiger partial charge in [0.15, 0.2) is 0 Å². The number of aromatic hydroxyl groups is 2. The smallest absolute Gasteiger partial charge is 0.243 e. The molecule has 2 aromatic rings. The lowest BCUT2D eigenvalue weighted by atomic mass is 9.95. The van der Waals surface area contributed by atoms with Crippen LogP contribution >= 0.6 is 0 Å². The number of benzene rings is 2. The molecule has 1 aliphatic rings. The van der Waals surface area contributed by atoms with Gasteiger partial charge < -0.3 is 49.1 Å². The van der Waals surface area contributed by atoms with Crippen LogP contribution in [0.5, 0.6) is 11.5 Å². The lowest BCUT2D eigenvalue weighted by Gasteiger charge is -2.25. The molecule has 0 saturated carbocycles. The van der Waals surface area contributed by atoms with Crippen LogP contribution in [0.2, 0.25) is 0 Å². The Balaban J connectivity index is 2.01. The molecule has 3 amide bonds. The van der Waals surface area contributed by atoms with Crippen molar-refractivity contribution in [3.8, 4) is 22.6 Å². The van der Waals surface area contributed by atoms with Crippen molar-refractivity contribution < 1.29 is 24.6 Å². The molecular formula is C28H41N7O5. The SMILES string of the molecule is NCCC[C@H](N)CNC(=O)[C@@H]1Cc2cc(ccc2O)-c2ccc(O)c(c2)C[C@@H](N)C(=O)N[C@@H](CCCN)C(=O)N1. The maximum atomic E-state index is 13.4. The molecule has 0 aromatic heterocycles. The van der Waals surface area contributed by atoms with Gasteiger partial charge in [-0.15, -0.1) is 0 Å². The van der Waals surface area contributed by atoms with Crippen molar-refractivity contribution in [3.05, 3.63) is 47.5 Å². The maximum absolute atomic E-state index is 13.4. The zero-order valence-corrected chi connectivity index (χ0v) is 22.6. The summed E-state index contributed by atoms with van der Waals surface area (Å²) in [4.78, 5) is 39.7. The number of hydrogen-bond acceptors (Lipinski definition) is 9. The molecule has 4 atom stereocenters. The van der Waals surface area contributed by atoms with Gasteiger partial charge in [-0.1, -0.05) is 12.1 Å². The van der Waals surface area contributed by atoms with Gasteiger partial charge in [-0.2, -0.15) is 0 Å². The van der Waals surface area contributed by atoms with E-state index in [1.54, 1.807) is 24.3 Å². The van der Waals surface area contributed by atoms with E-state index in [-0.39, 0.29) is 49.9 Å². The van der Waals surface area contributed by atoms with Gasteiger partial charge >= 0.3 is 0 Å². The summed E-state index contributed by atoms with van der Waals surface area (Å²) in [6.45, 7) is 0.950. The summed E-state index contributed by atoms with van der Waals surface area (Å²) < 4.78 is 0. The molecule has 1 aliphatic heterocycles. The Hall–Kier alpha value is -3.71. The zero-order valence-electron chi connectivity index (χ0n) is 22.6. The molecule has 12 heteroatoms. The van der Waals surface area contributed by atoms with E-state index in [4.69, 9.17) is 22.9 Å². The third kappa shape index (κ3) is 8.39.